The molecule has 0 aliphatic heterocycles. The number of nitrogens with zero attached hydrogens (tertiary/aromatic N) is 1. The Kier molecular flexibility index (Phi) is 4.58. The summed E-state index contributed by atoms with van der Waals surface area (Å²) >= 11 is 5.71. The second-order valence-electron chi connectivity index (χ2n) is 4.45. The lowest BCUT2D eigenvalue weighted by atomic mass is 10.1. The van der Waals surface area contributed by atoms with E-state index in [-0.39, 0.29) is 22.1 Å². The summed E-state index contributed by atoms with van der Waals surface area (Å²) in [5.41, 5.74) is 0.548. The lowest BCUT2D eigenvalue weighted by Crippen LogP contribution is -2.19. The predicted molar refractivity (Wildman–Crippen MR) is 83.8 cm³/mol. The van der Waals surface area contributed by atoms with Gasteiger partial charge in [-0.05, 0) is 43.3 Å². The van der Waals surface area contributed by atoms with E-state index in [4.69, 9.17) is 11.6 Å². The van der Waals surface area contributed by atoms with Gasteiger partial charge < -0.3 is 10.2 Å². The molecule has 0 amide bonds. The molecule has 0 saturated carbocycles. The number of rotatable bonds is 4. The lowest BCUT2D eigenvalue weighted by molar-refractivity contribution is 0.450. The minimum Gasteiger partial charge on any atom is -0.508 e. The molecule has 2 rings (SSSR count). The highest BCUT2D eigenvalue weighted by atomic mass is 35.5. The largest absolute Gasteiger partial charge is 0.508 e. The van der Waals surface area contributed by atoms with Crippen molar-refractivity contribution < 1.29 is 18.6 Å². The summed E-state index contributed by atoms with van der Waals surface area (Å²) in [4.78, 5) is 2.10. The van der Waals surface area contributed by atoms with E-state index in [0.717, 1.165) is 6.07 Å². The van der Waals surface area contributed by atoms with Gasteiger partial charge in [-0.15, -0.1) is 0 Å². The molecule has 0 bridgehead atoms. The van der Waals surface area contributed by atoms with E-state index in [9.17, 15) is 18.6 Å². The SMILES string of the molecule is C/C(=N\NS(=O)(=O)c1ccc(Cl)cc1)c1ccc(O)cc1O. The van der Waals surface area contributed by atoms with Crippen molar-refractivity contribution in [2.24, 2.45) is 5.10 Å². The van der Waals surface area contributed by atoms with Crippen LogP contribution in [0.25, 0.3) is 0 Å². The van der Waals surface area contributed by atoms with Crippen LogP contribution in [0.5, 0.6) is 11.5 Å². The number of sulfonamides is 1. The Balaban J connectivity index is 2.24. The van der Waals surface area contributed by atoms with E-state index in [1.54, 1.807) is 0 Å². The third-order valence-corrected chi connectivity index (χ3v) is 4.30. The first kappa shape index (κ1) is 16.1. The van der Waals surface area contributed by atoms with Crippen molar-refractivity contribution in [2.75, 3.05) is 0 Å². The zero-order chi connectivity index (χ0) is 16.3. The number of hydrazone groups is 1. The molecule has 0 heterocycles. The number of benzene rings is 2. The third kappa shape index (κ3) is 3.69. The molecule has 2 aromatic carbocycles. The zero-order valence-corrected chi connectivity index (χ0v) is 13.1. The molecule has 2 aromatic rings. The Hall–Kier alpha value is -2.25. The molecule has 0 atom stereocenters. The summed E-state index contributed by atoms with van der Waals surface area (Å²) in [6.45, 7) is 1.52. The van der Waals surface area contributed by atoms with Crippen LogP contribution < -0.4 is 4.83 Å². The molecular weight excluding hydrogens is 328 g/mol. The maximum Gasteiger partial charge on any atom is 0.276 e. The topological polar surface area (TPSA) is 99.0 Å². The molecule has 0 fully saturated rings. The van der Waals surface area contributed by atoms with Gasteiger partial charge in [0.1, 0.15) is 11.5 Å². The van der Waals surface area contributed by atoms with E-state index < -0.39 is 10.0 Å². The molecule has 0 aromatic heterocycles. The predicted octanol–water partition coefficient (Wildman–Crippen LogP) is 2.45. The van der Waals surface area contributed by atoms with Crippen LogP contribution in [0.3, 0.4) is 0 Å². The van der Waals surface area contributed by atoms with Gasteiger partial charge in [-0.3, -0.25) is 0 Å². The number of aromatic hydroxyl groups is 2. The molecule has 6 nitrogen and oxygen atoms in total. The Bertz CT molecular complexity index is 817. The van der Waals surface area contributed by atoms with Crippen LogP contribution in [-0.2, 0) is 10.0 Å². The van der Waals surface area contributed by atoms with Gasteiger partial charge in [0.15, 0.2) is 0 Å². The van der Waals surface area contributed by atoms with Crippen molar-refractivity contribution in [3.05, 3.63) is 53.1 Å². The van der Waals surface area contributed by atoms with E-state index in [1.807, 2.05) is 0 Å². The minimum atomic E-state index is -3.83. The highest BCUT2D eigenvalue weighted by Gasteiger charge is 2.13. The van der Waals surface area contributed by atoms with Crippen molar-refractivity contribution in [3.8, 4) is 11.5 Å². The average Bonchev–Trinajstić information content (AvgIpc) is 2.45. The second kappa shape index (κ2) is 6.25. The molecule has 22 heavy (non-hydrogen) atoms. The number of phenolic OH excluding ortho intramolecular Hbond substituents is 2. The van der Waals surface area contributed by atoms with E-state index >= 15 is 0 Å². The summed E-state index contributed by atoms with van der Waals surface area (Å²) in [6, 6.07) is 9.56. The van der Waals surface area contributed by atoms with Gasteiger partial charge >= 0.3 is 0 Å². The summed E-state index contributed by atoms with van der Waals surface area (Å²) in [5, 5.41) is 23.1. The highest BCUT2D eigenvalue weighted by Crippen LogP contribution is 2.23. The first-order valence-corrected chi connectivity index (χ1v) is 8.00. The maximum absolute atomic E-state index is 12.1. The molecule has 0 radical (unpaired) electrons. The van der Waals surface area contributed by atoms with E-state index in [1.165, 1.54) is 43.3 Å². The van der Waals surface area contributed by atoms with Gasteiger partial charge in [0.2, 0.25) is 0 Å². The summed E-state index contributed by atoms with van der Waals surface area (Å²) in [6.07, 6.45) is 0. The monoisotopic (exact) mass is 340 g/mol. The first-order valence-electron chi connectivity index (χ1n) is 6.13. The van der Waals surface area contributed by atoms with Crippen LogP contribution in [-0.4, -0.2) is 24.3 Å². The van der Waals surface area contributed by atoms with Crippen LogP contribution >= 0.6 is 11.6 Å². The van der Waals surface area contributed by atoms with E-state index in [0.29, 0.717) is 10.6 Å². The lowest BCUT2D eigenvalue weighted by Gasteiger charge is -2.07. The zero-order valence-electron chi connectivity index (χ0n) is 11.5. The van der Waals surface area contributed by atoms with Gasteiger partial charge in [-0.2, -0.15) is 18.4 Å². The molecule has 0 aliphatic rings. The standard InChI is InChI=1S/C14H13ClN2O4S/c1-9(13-7-4-11(18)8-14(13)19)16-17-22(20,21)12-5-2-10(15)3-6-12/h2-8,17-19H,1H3/b16-9+. The van der Waals surface area contributed by atoms with Gasteiger partial charge in [0.05, 0.1) is 10.6 Å². The number of halogens is 1. The Morgan fingerprint density at radius 2 is 1.77 bits per heavy atom. The minimum absolute atomic E-state index is 0.0170. The molecule has 0 spiro atoms. The highest BCUT2D eigenvalue weighted by molar-refractivity contribution is 7.89. The smallest absolute Gasteiger partial charge is 0.276 e. The number of phenols is 2. The number of hydrogen-bond donors (Lipinski definition) is 3. The molecule has 0 saturated heterocycles. The summed E-state index contributed by atoms with van der Waals surface area (Å²) < 4.78 is 24.1. The maximum atomic E-state index is 12.1. The van der Waals surface area contributed by atoms with Crippen LogP contribution in [0.1, 0.15) is 12.5 Å². The fourth-order valence-electron chi connectivity index (χ4n) is 1.68. The Labute approximate surface area is 132 Å². The Morgan fingerprint density at radius 1 is 1.14 bits per heavy atom. The van der Waals surface area contributed by atoms with Gasteiger partial charge in [-0.1, -0.05) is 11.6 Å². The molecular formula is C14H13ClN2O4S. The van der Waals surface area contributed by atoms with Crippen LogP contribution in [0.2, 0.25) is 5.02 Å². The van der Waals surface area contributed by atoms with Crippen molar-refractivity contribution >= 4 is 27.3 Å². The molecule has 8 heteroatoms. The van der Waals surface area contributed by atoms with E-state index in [2.05, 4.69) is 9.93 Å². The summed E-state index contributed by atoms with van der Waals surface area (Å²) in [7, 11) is -3.83. The van der Waals surface area contributed by atoms with Gasteiger partial charge in [0, 0.05) is 16.7 Å². The van der Waals surface area contributed by atoms with Crippen LogP contribution in [0.4, 0.5) is 0 Å². The third-order valence-electron chi connectivity index (χ3n) is 2.83. The fraction of sp³-hybridized carbons (Fsp3) is 0.0714. The van der Waals surface area contributed by atoms with Gasteiger partial charge in [-0.25, -0.2) is 0 Å². The molecule has 3 N–H and O–H groups in total. The first-order chi connectivity index (χ1) is 10.3. The molecule has 0 unspecified atom stereocenters. The number of hydrogen-bond acceptors (Lipinski definition) is 5. The van der Waals surface area contributed by atoms with Crippen molar-refractivity contribution in [1.29, 1.82) is 0 Å². The van der Waals surface area contributed by atoms with Crippen LogP contribution in [0.15, 0.2) is 52.5 Å². The van der Waals surface area contributed by atoms with Crippen LogP contribution in [0, 0.1) is 0 Å². The quantitative estimate of drug-likeness (QED) is 0.588. The summed E-state index contributed by atoms with van der Waals surface area (Å²) in [5.74, 6) is -0.303. The normalized spacial score (nSPS) is 12.2. The second-order valence-corrected chi connectivity index (χ2v) is 6.54. The fourth-order valence-corrected chi connectivity index (χ4v) is 2.66. The van der Waals surface area contributed by atoms with Crippen molar-refractivity contribution in [2.45, 2.75) is 11.8 Å². The molecule has 0 aliphatic carbocycles. The number of nitrogens with one attached hydrogen (secondary N) is 1. The molecule has 116 valence electrons. The van der Waals surface area contributed by atoms with Gasteiger partial charge in [0.25, 0.3) is 10.0 Å². The van der Waals surface area contributed by atoms with Crippen molar-refractivity contribution in [1.82, 2.24) is 4.83 Å². The average molecular weight is 341 g/mol. The Morgan fingerprint density at radius 3 is 2.36 bits per heavy atom. The van der Waals surface area contributed by atoms with Crippen molar-refractivity contribution in [3.63, 3.8) is 0 Å².